The molecule has 3 heterocycles. The normalized spacial score (nSPS) is 20.1. The minimum atomic E-state index is -0.0474. The molecule has 3 rings (SSSR count). The van der Waals surface area contributed by atoms with Crippen molar-refractivity contribution in [2.24, 2.45) is 5.92 Å². The fourth-order valence-electron chi connectivity index (χ4n) is 3.20. The summed E-state index contributed by atoms with van der Waals surface area (Å²) in [6.07, 6.45) is 3.55. The van der Waals surface area contributed by atoms with Crippen LogP contribution >= 0.6 is 0 Å². The highest BCUT2D eigenvalue weighted by Gasteiger charge is 2.26. The van der Waals surface area contributed by atoms with E-state index >= 15 is 0 Å². The Kier molecular flexibility index (Phi) is 5.98. The number of carbonyl (C=O) groups excluding carboxylic acids is 1. The second-order valence-electron chi connectivity index (χ2n) is 6.25. The number of carbonyl (C=O) groups is 1. The summed E-state index contributed by atoms with van der Waals surface area (Å²) in [5.74, 6) is 0.793. The Labute approximate surface area is 143 Å². The molecular formula is C17H26N4O3. The second kappa shape index (κ2) is 8.39. The van der Waals surface area contributed by atoms with Crippen LogP contribution < -0.4 is 4.90 Å². The van der Waals surface area contributed by atoms with Gasteiger partial charge in [-0.3, -0.25) is 9.69 Å². The van der Waals surface area contributed by atoms with Gasteiger partial charge >= 0.3 is 5.97 Å². The Morgan fingerprint density at radius 2 is 2.04 bits per heavy atom. The lowest BCUT2D eigenvalue weighted by atomic mass is 9.97. The van der Waals surface area contributed by atoms with Gasteiger partial charge in [0.1, 0.15) is 0 Å². The number of likely N-dealkylation sites (tertiary alicyclic amines) is 1. The van der Waals surface area contributed by atoms with Gasteiger partial charge in [-0.05, 0) is 38.9 Å². The maximum Gasteiger partial charge on any atom is 0.309 e. The highest BCUT2D eigenvalue weighted by atomic mass is 16.5. The van der Waals surface area contributed by atoms with Crippen molar-refractivity contribution in [2.45, 2.75) is 26.3 Å². The van der Waals surface area contributed by atoms with Crippen molar-refractivity contribution in [2.75, 3.05) is 50.9 Å². The molecule has 7 nitrogen and oxygen atoms in total. The van der Waals surface area contributed by atoms with E-state index < -0.39 is 0 Å². The van der Waals surface area contributed by atoms with E-state index in [1.54, 1.807) is 0 Å². The monoisotopic (exact) mass is 334 g/mol. The average molecular weight is 334 g/mol. The minimum absolute atomic E-state index is 0.0474. The van der Waals surface area contributed by atoms with E-state index in [4.69, 9.17) is 14.5 Å². The van der Waals surface area contributed by atoms with Gasteiger partial charge in [0, 0.05) is 25.8 Å². The van der Waals surface area contributed by atoms with Gasteiger partial charge in [0.15, 0.2) is 0 Å². The molecule has 0 unspecified atom stereocenters. The van der Waals surface area contributed by atoms with Crippen LogP contribution in [0.3, 0.4) is 0 Å². The number of nitrogens with zero attached hydrogens (tertiary/aromatic N) is 4. The van der Waals surface area contributed by atoms with Crippen molar-refractivity contribution in [1.82, 2.24) is 14.9 Å². The third-order valence-electron chi connectivity index (χ3n) is 4.59. The molecule has 0 atom stereocenters. The van der Waals surface area contributed by atoms with Crippen molar-refractivity contribution in [3.05, 3.63) is 18.0 Å². The lowest BCUT2D eigenvalue weighted by Crippen LogP contribution is -2.38. The lowest BCUT2D eigenvalue weighted by molar-refractivity contribution is -0.149. The van der Waals surface area contributed by atoms with E-state index in [1.807, 2.05) is 19.2 Å². The van der Waals surface area contributed by atoms with E-state index in [9.17, 15) is 4.79 Å². The molecule has 1 aromatic rings. The summed E-state index contributed by atoms with van der Waals surface area (Å²) in [7, 11) is 0. The van der Waals surface area contributed by atoms with Gasteiger partial charge in [-0.1, -0.05) is 0 Å². The summed E-state index contributed by atoms with van der Waals surface area (Å²) in [6.45, 7) is 8.07. The minimum Gasteiger partial charge on any atom is -0.466 e. The number of anilines is 1. The van der Waals surface area contributed by atoms with Crippen LogP contribution in [0.2, 0.25) is 0 Å². The fraction of sp³-hybridized carbons (Fsp3) is 0.706. The van der Waals surface area contributed by atoms with Crippen LogP contribution in [0.4, 0.5) is 5.95 Å². The first kappa shape index (κ1) is 17.1. The maximum absolute atomic E-state index is 11.8. The van der Waals surface area contributed by atoms with Gasteiger partial charge in [0.05, 0.1) is 31.4 Å². The number of rotatable bonds is 5. The SMILES string of the molecule is CCOC(=O)C1CCN(Cc2ccnc(N3CCOCC3)n2)CC1. The molecule has 0 N–H and O–H groups in total. The zero-order valence-corrected chi connectivity index (χ0v) is 14.3. The van der Waals surface area contributed by atoms with E-state index in [2.05, 4.69) is 14.8 Å². The third-order valence-corrected chi connectivity index (χ3v) is 4.59. The van der Waals surface area contributed by atoms with Gasteiger partial charge in [0.25, 0.3) is 0 Å². The average Bonchev–Trinajstić information content (AvgIpc) is 2.63. The fourth-order valence-corrected chi connectivity index (χ4v) is 3.20. The number of hydrogen-bond donors (Lipinski definition) is 0. The molecule has 132 valence electrons. The Bertz CT molecular complexity index is 540. The molecule has 0 saturated carbocycles. The Morgan fingerprint density at radius 1 is 1.29 bits per heavy atom. The van der Waals surface area contributed by atoms with Crippen LogP contribution in [-0.2, 0) is 20.8 Å². The molecule has 2 aliphatic rings. The Balaban J connectivity index is 1.52. The smallest absolute Gasteiger partial charge is 0.309 e. The van der Waals surface area contributed by atoms with Crippen LogP contribution in [-0.4, -0.2) is 66.8 Å². The molecule has 0 bridgehead atoms. The molecule has 2 aliphatic heterocycles. The Morgan fingerprint density at radius 3 is 2.75 bits per heavy atom. The molecule has 1 aromatic heterocycles. The molecule has 2 saturated heterocycles. The first-order valence-electron chi connectivity index (χ1n) is 8.80. The number of piperidine rings is 1. The summed E-state index contributed by atoms with van der Waals surface area (Å²) >= 11 is 0. The molecule has 24 heavy (non-hydrogen) atoms. The summed E-state index contributed by atoms with van der Waals surface area (Å²) in [6, 6.07) is 1.97. The van der Waals surface area contributed by atoms with Crippen molar-refractivity contribution in [3.8, 4) is 0 Å². The van der Waals surface area contributed by atoms with Gasteiger partial charge in [-0.15, -0.1) is 0 Å². The largest absolute Gasteiger partial charge is 0.466 e. The molecule has 7 heteroatoms. The van der Waals surface area contributed by atoms with Crippen LogP contribution in [0.5, 0.6) is 0 Å². The second-order valence-corrected chi connectivity index (χ2v) is 6.25. The van der Waals surface area contributed by atoms with Crippen LogP contribution in [0.1, 0.15) is 25.5 Å². The number of hydrogen-bond acceptors (Lipinski definition) is 7. The quantitative estimate of drug-likeness (QED) is 0.747. The number of esters is 1. The van der Waals surface area contributed by atoms with Crippen molar-refractivity contribution in [1.29, 1.82) is 0 Å². The molecule has 0 aliphatic carbocycles. The summed E-state index contributed by atoms with van der Waals surface area (Å²) in [5.41, 5.74) is 1.03. The predicted molar refractivity (Wildman–Crippen MR) is 89.7 cm³/mol. The molecule has 0 amide bonds. The van der Waals surface area contributed by atoms with Gasteiger partial charge in [-0.25, -0.2) is 9.97 Å². The topological polar surface area (TPSA) is 67.8 Å². The molecule has 0 aromatic carbocycles. The summed E-state index contributed by atoms with van der Waals surface area (Å²) in [4.78, 5) is 25.4. The lowest BCUT2D eigenvalue weighted by Gasteiger charge is -2.31. The van der Waals surface area contributed by atoms with Crippen molar-refractivity contribution < 1.29 is 14.3 Å². The summed E-state index contributed by atoms with van der Waals surface area (Å²) in [5, 5.41) is 0. The van der Waals surface area contributed by atoms with Crippen LogP contribution in [0, 0.1) is 5.92 Å². The molecule has 0 radical (unpaired) electrons. The van der Waals surface area contributed by atoms with Crippen LogP contribution in [0.15, 0.2) is 12.3 Å². The molecular weight excluding hydrogens is 308 g/mol. The third kappa shape index (κ3) is 4.42. The van der Waals surface area contributed by atoms with E-state index in [0.717, 1.165) is 70.4 Å². The van der Waals surface area contributed by atoms with Gasteiger partial charge < -0.3 is 14.4 Å². The van der Waals surface area contributed by atoms with E-state index in [0.29, 0.717) is 6.61 Å². The highest BCUT2D eigenvalue weighted by Crippen LogP contribution is 2.20. The molecule has 2 fully saturated rings. The zero-order chi connectivity index (χ0) is 16.8. The van der Waals surface area contributed by atoms with E-state index in [1.165, 1.54) is 0 Å². The molecule has 0 spiro atoms. The van der Waals surface area contributed by atoms with Crippen molar-refractivity contribution >= 4 is 11.9 Å². The predicted octanol–water partition coefficient (Wildman–Crippen LogP) is 1.09. The highest BCUT2D eigenvalue weighted by molar-refractivity contribution is 5.72. The summed E-state index contributed by atoms with van der Waals surface area (Å²) < 4.78 is 10.5. The standard InChI is InChI=1S/C17H26N4O3/c1-2-24-16(22)14-4-7-20(8-5-14)13-15-3-6-18-17(19-15)21-9-11-23-12-10-21/h3,6,14H,2,4-5,7-13H2,1H3. The van der Waals surface area contributed by atoms with Gasteiger partial charge in [-0.2, -0.15) is 0 Å². The first-order chi connectivity index (χ1) is 11.8. The van der Waals surface area contributed by atoms with Gasteiger partial charge in [0.2, 0.25) is 5.95 Å². The first-order valence-corrected chi connectivity index (χ1v) is 8.80. The maximum atomic E-state index is 11.8. The zero-order valence-electron chi connectivity index (χ0n) is 14.3. The van der Waals surface area contributed by atoms with Crippen molar-refractivity contribution in [3.63, 3.8) is 0 Å². The number of morpholine rings is 1. The Hall–Kier alpha value is -1.73. The number of ether oxygens (including phenoxy) is 2. The van der Waals surface area contributed by atoms with E-state index in [-0.39, 0.29) is 11.9 Å². The number of aromatic nitrogens is 2. The van der Waals surface area contributed by atoms with Crippen LogP contribution in [0.25, 0.3) is 0 Å².